The molecule has 1 amide bonds. The van der Waals surface area contributed by atoms with Crippen molar-refractivity contribution in [1.29, 1.82) is 5.26 Å². The van der Waals surface area contributed by atoms with E-state index in [1.54, 1.807) is 30.1 Å². The molecule has 0 radical (unpaired) electrons. The lowest BCUT2D eigenvalue weighted by Gasteiger charge is -2.31. The van der Waals surface area contributed by atoms with Crippen LogP contribution in [0.15, 0.2) is 30.0 Å². The van der Waals surface area contributed by atoms with Gasteiger partial charge in [0.2, 0.25) is 0 Å². The van der Waals surface area contributed by atoms with Crippen LogP contribution in [-0.2, 0) is 4.79 Å². The number of rotatable bonds is 4. The Morgan fingerprint density at radius 1 is 1.30 bits per heavy atom. The fourth-order valence-electron chi connectivity index (χ4n) is 2.71. The molecule has 122 valence electrons. The maximum absolute atomic E-state index is 12.5. The summed E-state index contributed by atoms with van der Waals surface area (Å²) in [7, 11) is 1.77. The van der Waals surface area contributed by atoms with E-state index in [-0.39, 0.29) is 17.5 Å². The average Bonchev–Trinajstić information content (AvgIpc) is 2.58. The summed E-state index contributed by atoms with van der Waals surface area (Å²) in [6.45, 7) is 0. The van der Waals surface area contributed by atoms with Gasteiger partial charge in [0.25, 0.3) is 5.91 Å². The number of benzene rings is 1. The Balaban J connectivity index is 2.06. The van der Waals surface area contributed by atoms with Gasteiger partial charge in [0.15, 0.2) is 0 Å². The highest BCUT2D eigenvalue weighted by Gasteiger charge is 2.24. The lowest BCUT2D eigenvalue weighted by molar-refractivity contribution is -0.128. The summed E-state index contributed by atoms with van der Waals surface area (Å²) in [5, 5.41) is 13.1. The van der Waals surface area contributed by atoms with Crippen molar-refractivity contribution >= 4 is 34.8 Å². The van der Waals surface area contributed by atoms with Crippen LogP contribution >= 0.6 is 23.2 Å². The Morgan fingerprint density at radius 2 is 2.00 bits per heavy atom. The SMILES string of the molecule is CN(C(=O)/C(C#N)=C\Nc1ccc(Cl)c(Cl)c1)C1CCCCC1. The van der Waals surface area contributed by atoms with Crippen LogP contribution in [0.25, 0.3) is 0 Å². The number of halogens is 2. The molecule has 1 saturated carbocycles. The van der Waals surface area contributed by atoms with Crippen molar-refractivity contribution in [1.82, 2.24) is 4.90 Å². The molecule has 0 unspecified atom stereocenters. The third kappa shape index (κ3) is 4.63. The Labute approximate surface area is 146 Å². The summed E-state index contributed by atoms with van der Waals surface area (Å²) in [6, 6.07) is 7.22. The number of amides is 1. The Hall–Kier alpha value is -1.70. The molecule has 0 atom stereocenters. The second-order valence-corrected chi connectivity index (χ2v) is 6.47. The van der Waals surface area contributed by atoms with E-state index in [1.807, 2.05) is 6.07 Å². The van der Waals surface area contributed by atoms with Gasteiger partial charge >= 0.3 is 0 Å². The van der Waals surface area contributed by atoms with Crippen molar-refractivity contribution in [3.05, 3.63) is 40.0 Å². The van der Waals surface area contributed by atoms with Crippen molar-refractivity contribution in [2.45, 2.75) is 38.1 Å². The summed E-state index contributed by atoms with van der Waals surface area (Å²) in [5.41, 5.74) is 0.740. The lowest BCUT2D eigenvalue weighted by atomic mass is 9.94. The summed E-state index contributed by atoms with van der Waals surface area (Å²) in [5.74, 6) is -0.257. The minimum Gasteiger partial charge on any atom is -0.360 e. The monoisotopic (exact) mass is 351 g/mol. The van der Waals surface area contributed by atoms with E-state index in [0.29, 0.717) is 15.7 Å². The highest BCUT2D eigenvalue weighted by molar-refractivity contribution is 6.42. The van der Waals surface area contributed by atoms with Gasteiger partial charge in [-0.2, -0.15) is 5.26 Å². The average molecular weight is 352 g/mol. The number of nitrogens with one attached hydrogen (secondary N) is 1. The number of hydrogen-bond acceptors (Lipinski definition) is 3. The highest BCUT2D eigenvalue weighted by atomic mass is 35.5. The van der Waals surface area contributed by atoms with Crippen LogP contribution in [0.2, 0.25) is 10.0 Å². The van der Waals surface area contributed by atoms with Gasteiger partial charge in [-0.15, -0.1) is 0 Å². The fraction of sp³-hybridized carbons (Fsp3) is 0.412. The van der Waals surface area contributed by atoms with E-state index in [0.717, 1.165) is 25.7 Å². The molecule has 1 N–H and O–H groups in total. The number of anilines is 1. The molecule has 1 aromatic carbocycles. The van der Waals surface area contributed by atoms with Crippen molar-refractivity contribution in [3.63, 3.8) is 0 Å². The molecular formula is C17H19Cl2N3O. The topological polar surface area (TPSA) is 56.1 Å². The maximum atomic E-state index is 12.5. The molecule has 1 aliphatic carbocycles. The molecule has 23 heavy (non-hydrogen) atoms. The van der Waals surface area contributed by atoms with Gasteiger partial charge in [0.05, 0.1) is 10.0 Å². The molecule has 0 bridgehead atoms. The summed E-state index contributed by atoms with van der Waals surface area (Å²) in [4.78, 5) is 14.1. The molecule has 0 heterocycles. The molecule has 4 nitrogen and oxygen atoms in total. The predicted octanol–water partition coefficient (Wildman–Crippen LogP) is 4.60. The first kappa shape index (κ1) is 17.7. The summed E-state index contributed by atoms with van der Waals surface area (Å²) >= 11 is 11.8. The third-order valence-electron chi connectivity index (χ3n) is 4.10. The summed E-state index contributed by atoms with van der Waals surface area (Å²) in [6.07, 6.45) is 6.91. The first-order chi connectivity index (χ1) is 11.0. The molecule has 1 aromatic rings. The van der Waals surface area contributed by atoms with Crippen LogP contribution in [0.1, 0.15) is 32.1 Å². The van der Waals surface area contributed by atoms with E-state index in [9.17, 15) is 10.1 Å². The number of likely N-dealkylation sites (N-methyl/N-ethyl adjacent to an activating group) is 1. The predicted molar refractivity (Wildman–Crippen MR) is 93.4 cm³/mol. The Morgan fingerprint density at radius 3 is 2.61 bits per heavy atom. The van der Waals surface area contributed by atoms with E-state index in [1.165, 1.54) is 12.6 Å². The molecule has 0 saturated heterocycles. The maximum Gasteiger partial charge on any atom is 0.266 e. The molecule has 2 rings (SSSR count). The minimum atomic E-state index is -0.257. The van der Waals surface area contributed by atoms with Gasteiger partial charge in [-0.25, -0.2) is 0 Å². The molecule has 1 aliphatic rings. The number of nitrogens with zero attached hydrogens (tertiary/aromatic N) is 2. The fourth-order valence-corrected chi connectivity index (χ4v) is 3.01. The van der Waals surface area contributed by atoms with Crippen LogP contribution in [0.5, 0.6) is 0 Å². The smallest absolute Gasteiger partial charge is 0.266 e. The Kier molecular flexibility index (Phi) is 6.32. The van der Waals surface area contributed by atoms with Gasteiger partial charge in [-0.05, 0) is 31.0 Å². The quantitative estimate of drug-likeness (QED) is 0.636. The number of carbonyl (C=O) groups is 1. The second kappa shape index (κ2) is 8.24. The molecule has 0 aromatic heterocycles. The Bertz CT molecular complexity index is 646. The normalized spacial score (nSPS) is 15.8. The van der Waals surface area contributed by atoms with E-state index in [4.69, 9.17) is 23.2 Å². The summed E-state index contributed by atoms with van der Waals surface area (Å²) < 4.78 is 0. The van der Waals surface area contributed by atoms with Crippen LogP contribution in [0.4, 0.5) is 5.69 Å². The van der Waals surface area contributed by atoms with Crippen molar-refractivity contribution in [2.24, 2.45) is 0 Å². The van der Waals surface area contributed by atoms with Crippen LogP contribution in [0.3, 0.4) is 0 Å². The molecule has 6 heteroatoms. The molecule has 0 aliphatic heterocycles. The zero-order valence-corrected chi connectivity index (χ0v) is 14.5. The molecule has 0 spiro atoms. The molecule has 1 fully saturated rings. The minimum absolute atomic E-state index is 0.0733. The van der Waals surface area contributed by atoms with Gasteiger partial charge in [0.1, 0.15) is 11.6 Å². The number of carbonyl (C=O) groups excluding carboxylic acids is 1. The third-order valence-corrected chi connectivity index (χ3v) is 4.84. The highest BCUT2D eigenvalue weighted by Crippen LogP contribution is 2.25. The van der Waals surface area contributed by atoms with Gasteiger partial charge < -0.3 is 10.2 Å². The number of hydrogen-bond donors (Lipinski definition) is 1. The molecular weight excluding hydrogens is 333 g/mol. The van der Waals surface area contributed by atoms with Gasteiger partial charge in [-0.1, -0.05) is 42.5 Å². The first-order valence-corrected chi connectivity index (χ1v) is 8.37. The largest absolute Gasteiger partial charge is 0.360 e. The van der Waals surface area contributed by atoms with Gasteiger partial charge in [0, 0.05) is 25.0 Å². The van der Waals surface area contributed by atoms with E-state index >= 15 is 0 Å². The zero-order chi connectivity index (χ0) is 16.8. The van der Waals surface area contributed by atoms with Crippen LogP contribution in [0, 0.1) is 11.3 Å². The van der Waals surface area contributed by atoms with Gasteiger partial charge in [-0.3, -0.25) is 4.79 Å². The lowest BCUT2D eigenvalue weighted by Crippen LogP contribution is -2.39. The van der Waals surface area contributed by atoms with E-state index < -0.39 is 0 Å². The second-order valence-electron chi connectivity index (χ2n) is 5.65. The zero-order valence-electron chi connectivity index (χ0n) is 13.0. The van der Waals surface area contributed by atoms with Crippen LogP contribution < -0.4 is 5.32 Å². The first-order valence-electron chi connectivity index (χ1n) is 7.62. The van der Waals surface area contributed by atoms with Crippen LogP contribution in [-0.4, -0.2) is 23.9 Å². The standard InChI is InChI=1S/C17H19Cl2N3O/c1-22(14-5-3-2-4-6-14)17(23)12(10-20)11-21-13-7-8-15(18)16(19)9-13/h7-9,11,14,21H,2-6H2,1H3/b12-11-. The van der Waals surface area contributed by atoms with Crippen molar-refractivity contribution in [2.75, 3.05) is 12.4 Å². The van der Waals surface area contributed by atoms with Crippen molar-refractivity contribution < 1.29 is 4.79 Å². The number of nitriles is 1. The van der Waals surface area contributed by atoms with E-state index in [2.05, 4.69) is 5.32 Å². The van der Waals surface area contributed by atoms with Crippen molar-refractivity contribution in [3.8, 4) is 6.07 Å².